The number of carbonyl (C=O) groups excluding carboxylic acids is 2. The smallest absolute Gasteiger partial charge is 0.410 e. The summed E-state index contributed by atoms with van der Waals surface area (Å²) < 4.78 is 5.28. The van der Waals surface area contributed by atoms with Gasteiger partial charge in [-0.1, -0.05) is 25.1 Å². The first kappa shape index (κ1) is 18.0. The molecule has 0 saturated carbocycles. The molecule has 22 heavy (non-hydrogen) atoms. The minimum Gasteiger partial charge on any atom is -0.444 e. The van der Waals surface area contributed by atoms with E-state index in [0.29, 0.717) is 25.1 Å². The fraction of sp³-hybridized carbons (Fsp3) is 0.667. The fourth-order valence-corrected chi connectivity index (χ4v) is 1.61. The van der Waals surface area contributed by atoms with Crippen LogP contribution in [0.3, 0.4) is 0 Å². The quantitative estimate of drug-likeness (QED) is 0.372. The van der Waals surface area contributed by atoms with Crippen LogP contribution >= 0.6 is 0 Å². The molecule has 0 fully saturated rings. The summed E-state index contributed by atoms with van der Waals surface area (Å²) >= 11 is 0. The molecule has 7 nitrogen and oxygen atoms in total. The second-order valence-corrected chi connectivity index (χ2v) is 6.46. The van der Waals surface area contributed by atoms with Gasteiger partial charge in [0.2, 0.25) is 0 Å². The first-order valence-electron chi connectivity index (χ1n) is 7.32. The Balaban J connectivity index is 2.56. The van der Waals surface area contributed by atoms with Crippen molar-refractivity contribution >= 4 is 17.9 Å². The number of hydrogen-bond donors (Lipinski definition) is 1. The maximum absolute atomic E-state index is 11.9. The number of amides is 1. The largest absolute Gasteiger partial charge is 0.444 e. The van der Waals surface area contributed by atoms with Gasteiger partial charge in [0.15, 0.2) is 0 Å². The second-order valence-electron chi connectivity index (χ2n) is 6.46. The fourth-order valence-electron chi connectivity index (χ4n) is 1.61. The average molecular weight is 311 g/mol. The third kappa shape index (κ3) is 5.75. The van der Waals surface area contributed by atoms with E-state index < -0.39 is 17.7 Å². The molecule has 0 aliphatic carbocycles. The Morgan fingerprint density at radius 2 is 2.00 bits per heavy atom. The lowest BCUT2D eigenvalue weighted by atomic mass is 10.1. The molecule has 0 saturated heterocycles. The summed E-state index contributed by atoms with van der Waals surface area (Å²) in [7, 11) is 0. The SMILES string of the molecule is CC(C)/C(N)=N/OC(=O)C1=CCN(C(=O)OC(C)(C)C)CC1. The van der Waals surface area contributed by atoms with Crippen LogP contribution in [0.15, 0.2) is 16.8 Å². The molecule has 0 spiro atoms. The Morgan fingerprint density at radius 1 is 1.36 bits per heavy atom. The number of ether oxygens (including phenoxy) is 1. The standard InChI is InChI=1S/C15H25N3O4/c1-10(2)12(16)17-22-13(19)11-6-8-18(9-7-11)14(20)21-15(3,4)5/h6,10H,7-9H2,1-5H3,(H2,16,17). The predicted molar refractivity (Wildman–Crippen MR) is 83.1 cm³/mol. The molecule has 1 amide bonds. The first-order chi connectivity index (χ1) is 10.1. The van der Waals surface area contributed by atoms with Crippen LogP contribution in [0.2, 0.25) is 0 Å². The van der Waals surface area contributed by atoms with Crippen molar-refractivity contribution in [3.8, 4) is 0 Å². The van der Waals surface area contributed by atoms with Gasteiger partial charge < -0.3 is 20.2 Å². The summed E-state index contributed by atoms with van der Waals surface area (Å²) in [5.41, 5.74) is 5.55. The van der Waals surface area contributed by atoms with Crippen LogP contribution < -0.4 is 5.73 Å². The molecule has 0 bridgehead atoms. The van der Waals surface area contributed by atoms with E-state index in [0.717, 1.165) is 0 Å². The molecule has 124 valence electrons. The maximum atomic E-state index is 11.9. The van der Waals surface area contributed by atoms with Crippen LogP contribution in [0, 0.1) is 5.92 Å². The van der Waals surface area contributed by atoms with Crippen LogP contribution in [-0.4, -0.2) is 41.5 Å². The molecule has 0 aromatic rings. The summed E-state index contributed by atoms with van der Waals surface area (Å²) in [6.07, 6.45) is 1.66. The lowest BCUT2D eigenvalue weighted by molar-refractivity contribution is -0.139. The number of carbonyl (C=O) groups is 2. The van der Waals surface area contributed by atoms with Crippen LogP contribution in [0.4, 0.5) is 4.79 Å². The summed E-state index contributed by atoms with van der Waals surface area (Å²) in [6, 6.07) is 0. The van der Waals surface area contributed by atoms with Gasteiger partial charge in [-0.15, -0.1) is 0 Å². The minimum absolute atomic E-state index is 0.01000. The lowest BCUT2D eigenvalue weighted by Gasteiger charge is -2.28. The Kier molecular flexibility index (Phi) is 5.96. The molecule has 7 heteroatoms. The zero-order valence-corrected chi connectivity index (χ0v) is 13.9. The normalized spacial score (nSPS) is 16.4. The van der Waals surface area contributed by atoms with E-state index in [4.69, 9.17) is 15.3 Å². The summed E-state index contributed by atoms with van der Waals surface area (Å²) in [6.45, 7) is 9.85. The van der Waals surface area contributed by atoms with Crippen molar-refractivity contribution in [2.45, 2.75) is 46.6 Å². The van der Waals surface area contributed by atoms with Crippen molar-refractivity contribution in [3.63, 3.8) is 0 Å². The van der Waals surface area contributed by atoms with Crippen molar-refractivity contribution in [3.05, 3.63) is 11.6 Å². The van der Waals surface area contributed by atoms with Gasteiger partial charge in [0.1, 0.15) is 11.4 Å². The Bertz CT molecular complexity index is 490. The predicted octanol–water partition coefficient (Wildman–Crippen LogP) is 2.02. The highest BCUT2D eigenvalue weighted by Crippen LogP contribution is 2.16. The van der Waals surface area contributed by atoms with Crippen molar-refractivity contribution in [2.24, 2.45) is 16.8 Å². The number of rotatable bonds is 3. The zero-order chi connectivity index (χ0) is 16.9. The molecule has 1 heterocycles. The van der Waals surface area contributed by atoms with Crippen molar-refractivity contribution in [1.29, 1.82) is 0 Å². The third-order valence-corrected chi connectivity index (χ3v) is 2.95. The van der Waals surface area contributed by atoms with E-state index in [1.807, 2.05) is 34.6 Å². The number of amidine groups is 1. The van der Waals surface area contributed by atoms with Gasteiger partial charge >= 0.3 is 12.1 Å². The zero-order valence-electron chi connectivity index (χ0n) is 13.9. The van der Waals surface area contributed by atoms with Crippen LogP contribution in [0.1, 0.15) is 41.0 Å². The van der Waals surface area contributed by atoms with Crippen LogP contribution in [0.5, 0.6) is 0 Å². The number of hydrogen-bond acceptors (Lipinski definition) is 5. The highest BCUT2D eigenvalue weighted by Gasteiger charge is 2.25. The summed E-state index contributed by atoms with van der Waals surface area (Å²) in [5.74, 6) is -0.261. The van der Waals surface area contributed by atoms with Gasteiger partial charge in [0, 0.05) is 24.6 Å². The van der Waals surface area contributed by atoms with E-state index in [-0.39, 0.29) is 11.8 Å². The molecule has 2 N–H and O–H groups in total. The molecule has 0 atom stereocenters. The Hall–Kier alpha value is -2.05. The Labute approximate surface area is 131 Å². The van der Waals surface area contributed by atoms with Gasteiger partial charge in [-0.2, -0.15) is 0 Å². The third-order valence-electron chi connectivity index (χ3n) is 2.95. The van der Waals surface area contributed by atoms with E-state index in [2.05, 4.69) is 5.16 Å². The number of nitrogens with two attached hydrogens (primary N) is 1. The average Bonchev–Trinajstić information content (AvgIpc) is 2.42. The van der Waals surface area contributed by atoms with Gasteiger partial charge in [0.25, 0.3) is 0 Å². The molecule has 0 aromatic heterocycles. The van der Waals surface area contributed by atoms with E-state index >= 15 is 0 Å². The maximum Gasteiger partial charge on any atom is 0.410 e. The van der Waals surface area contributed by atoms with Crippen molar-refractivity contribution in [1.82, 2.24) is 4.90 Å². The Morgan fingerprint density at radius 3 is 2.45 bits per heavy atom. The van der Waals surface area contributed by atoms with Gasteiger partial charge in [0.05, 0.1) is 0 Å². The molecule has 0 unspecified atom stereocenters. The topological polar surface area (TPSA) is 94.2 Å². The van der Waals surface area contributed by atoms with Gasteiger partial charge in [-0.3, -0.25) is 0 Å². The highest BCUT2D eigenvalue weighted by atomic mass is 16.7. The van der Waals surface area contributed by atoms with Gasteiger partial charge in [-0.05, 0) is 27.2 Å². The van der Waals surface area contributed by atoms with E-state index in [1.54, 1.807) is 6.08 Å². The van der Waals surface area contributed by atoms with Crippen molar-refractivity contribution < 1.29 is 19.2 Å². The summed E-state index contributed by atoms with van der Waals surface area (Å²) in [4.78, 5) is 30.1. The minimum atomic E-state index is -0.539. The lowest BCUT2D eigenvalue weighted by Crippen LogP contribution is -2.39. The van der Waals surface area contributed by atoms with Gasteiger partial charge in [-0.25, -0.2) is 9.59 Å². The van der Waals surface area contributed by atoms with E-state index in [1.165, 1.54) is 4.90 Å². The molecule has 1 rings (SSSR count). The number of nitrogens with zero attached hydrogens (tertiary/aromatic N) is 2. The monoisotopic (exact) mass is 311 g/mol. The van der Waals surface area contributed by atoms with Crippen molar-refractivity contribution in [2.75, 3.05) is 13.1 Å². The van der Waals surface area contributed by atoms with E-state index in [9.17, 15) is 9.59 Å². The van der Waals surface area contributed by atoms with Crippen LogP contribution in [0.25, 0.3) is 0 Å². The molecule has 0 radical (unpaired) electrons. The number of oxime groups is 1. The van der Waals surface area contributed by atoms with Crippen LogP contribution in [-0.2, 0) is 14.4 Å². The first-order valence-corrected chi connectivity index (χ1v) is 7.32. The molecular weight excluding hydrogens is 286 g/mol. The summed E-state index contributed by atoms with van der Waals surface area (Å²) in [5, 5.41) is 3.60. The molecule has 1 aliphatic rings. The molecular formula is C15H25N3O4. The highest BCUT2D eigenvalue weighted by molar-refractivity contribution is 5.90. The molecule has 0 aromatic carbocycles. The molecule has 1 aliphatic heterocycles. The second kappa shape index (κ2) is 7.29.